The number of ether oxygens (including phenoxy) is 1. The molecule has 0 spiro atoms. The highest BCUT2D eigenvalue weighted by Gasteiger charge is 2.18. The Morgan fingerprint density at radius 3 is 2.58 bits per heavy atom. The molecule has 0 aromatic rings. The third kappa shape index (κ3) is 6.08. The van der Waals surface area contributed by atoms with Gasteiger partial charge in [0.25, 0.3) is 0 Å². The Balaban J connectivity index is 2.45. The molecule has 1 rings (SSSR count). The molecule has 0 aromatic carbocycles. The highest BCUT2D eigenvalue weighted by Crippen LogP contribution is 2.09. The van der Waals surface area contributed by atoms with Crippen LogP contribution in [0, 0.1) is 0 Å². The molecule has 0 saturated carbocycles. The van der Waals surface area contributed by atoms with Crippen LogP contribution in [0.4, 0.5) is 9.59 Å². The van der Waals surface area contributed by atoms with Crippen LogP contribution < -0.4 is 5.43 Å². The van der Waals surface area contributed by atoms with Gasteiger partial charge in [0.05, 0.1) is 0 Å². The van der Waals surface area contributed by atoms with E-state index in [9.17, 15) is 9.59 Å². The molecule has 1 heterocycles. The van der Waals surface area contributed by atoms with Crippen LogP contribution >= 0.6 is 0 Å². The number of carbonyl (C=O) groups is 2. The van der Waals surface area contributed by atoms with Gasteiger partial charge in [0.15, 0.2) is 0 Å². The molecule has 19 heavy (non-hydrogen) atoms. The Hall–Kier alpha value is -1.79. The van der Waals surface area contributed by atoms with Gasteiger partial charge in [0.2, 0.25) is 0 Å². The third-order valence-electron chi connectivity index (χ3n) is 2.54. The molecule has 0 radical (unpaired) electrons. The van der Waals surface area contributed by atoms with Gasteiger partial charge in [-0.15, -0.1) is 0 Å². The number of nitrogens with zero attached hydrogens (tertiary/aromatic N) is 2. The molecule has 2 amide bonds. The quantitative estimate of drug-likeness (QED) is 0.714. The van der Waals surface area contributed by atoms with E-state index >= 15 is 0 Å². The maximum atomic E-state index is 11.4. The maximum absolute atomic E-state index is 11.4. The number of nitrogens with one attached hydrogen (secondary N) is 1. The smallest absolute Gasteiger partial charge is 0.428 e. The van der Waals surface area contributed by atoms with Gasteiger partial charge < -0.3 is 14.7 Å². The van der Waals surface area contributed by atoms with Crippen molar-refractivity contribution in [3.63, 3.8) is 0 Å². The SMILES string of the molecule is CC(C)(C)OC(=O)NN=C1CCCN(C(=O)O)CC1. The number of hydrazone groups is 1. The van der Waals surface area contributed by atoms with E-state index in [-0.39, 0.29) is 0 Å². The summed E-state index contributed by atoms with van der Waals surface area (Å²) < 4.78 is 5.06. The summed E-state index contributed by atoms with van der Waals surface area (Å²) in [5, 5.41) is 12.9. The normalized spacial score (nSPS) is 18.9. The first-order chi connectivity index (χ1) is 8.78. The van der Waals surface area contributed by atoms with Crippen LogP contribution in [0.2, 0.25) is 0 Å². The van der Waals surface area contributed by atoms with Crippen molar-refractivity contribution in [3.05, 3.63) is 0 Å². The van der Waals surface area contributed by atoms with Crippen LogP contribution in [-0.2, 0) is 4.74 Å². The minimum Gasteiger partial charge on any atom is -0.465 e. The molecule has 1 aliphatic heterocycles. The van der Waals surface area contributed by atoms with E-state index in [1.807, 2.05) is 0 Å². The zero-order valence-electron chi connectivity index (χ0n) is 11.6. The van der Waals surface area contributed by atoms with E-state index in [1.54, 1.807) is 20.8 Å². The van der Waals surface area contributed by atoms with Crippen LogP contribution in [0.5, 0.6) is 0 Å². The van der Waals surface area contributed by atoms with Crippen LogP contribution in [0.25, 0.3) is 0 Å². The van der Waals surface area contributed by atoms with Crippen molar-refractivity contribution < 1.29 is 19.4 Å². The summed E-state index contributed by atoms with van der Waals surface area (Å²) >= 11 is 0. The lowest BCUT2D eigenvalue weighted by Crippen LogP contribution is -2.31. The lowest BCUT2D eigenvalue weighted by molar-refractivity contribution is 0.0529. The van der Waals surface area contributed by atoms with Gasteiger partial charge in [-0.2, -0.15) is 5.10 Å². The van der Waals surface area contributed by atoms with E-state index in [1.165, 1.54) is 4.90 Å². The van der Waals surface area contributed by atoms with E-state index in [0.717, 1.165) is 5.71 Å². The van der Waals surface area contributed by atoms with Gasteiger partial charge in [0.1, 0.15) is 5.60 Å². The van der Waals surface area contributed by atoms with Gasteiger partial charge in [-0.05, 0) is 33.6 Å². The fourth-order valence-corrected chi connectivity index (χ4v) is 1.70. The minimum atomic E-state index is -0.915. The van der Waals surface area contributed by atoms with Crippen LogP contribution in [0.1, 0.15) is 40.0 Å². The molecule has 0 aliphatic carbocycles. The van der Waals surface area contributed by atoms with Gasteiger partial charge in [-0.25, -0.2) is 15.0 Å². The molecular formula is C12H21N3O4. The van der Waals surface area contributed by atoms with Crippen molar-refractivity contribution >= 4 is 17.9 Å². The van der Waals surface area contributed by atoms with Gasteiger partial charge in [0, 0.05) is 25.2 Å². The first kappa shape index (κ1) is 15.3. The summed E-state index contributed by atoms with van der Waals surface area (Å²) in [5.41, 5.74) is 2.57. The van der Waals surface area contributed by atoms with Crippen molar-refractivity contribution in [2.45, 2.75) is 45.6 Å². The van der Waals surface area contributed by atoms with Crippen molar-refractivity contribution in [2.75, 3.05) is 13.1 Å². The second-order valence-electron chi connectivity index (χ2n) is 5.41. The molecule has 7 heteroatoms. The Kier molecular flexibility index (Phi) is 5.14. The van der Waals surface area contributed by atoms with E-state index in [4.69, 9.17) is 9.84 Å². The predicted molar refractivity (Wildman–Crippen MR) is 70.3 cm³/mol. The molecule has 1 saturated heterocycles. The van der Waals surface area contributed by atoms with Crippen molar-refractivity contribution in [3.8, 4) is 0 Å². The number of rotatable bonds is 1. The van der Waals surface area contributed by atoms with Crippen molar-refractivity contribution in [1.82, 2.24) is 10.3 Å². The Morgan fingerprint density at radius 1 is 1.32 bits per heavy atom. The van der Waals surface area contributed by atoms with Crippen molar-refractivity contribution in [1.29, 1.82) is 0 Å². The minimum absolute atomic E-state index is 0.407. The topological polar surface area (TPSA) is 91.2 Å². The zero-order chi connectivity index (χ0) is 14.5. The summed E-state index contributed by atoms with van der Waals surface area (Å²) in [7, 11) is 0. The number of hydrogen-bond acceptors (Lipinski definition) is 4. The molecule has 2 N–H and O–H groups in total. The summed E-state index contributed by atoms with van der Waals surface area (Å²) in [5.74, 6) is 0. The highest BCUT2D eigenvalue weighted by molar-refractivity contribution is 5.86. The van der Waals surface area contributed by atoms with Gasteiger partial charge in [-0.3, -0.25) is 0 Å². The van der Waals surface area contributed by atoms with E-state index in [0.29, 0.717) is 32.4 Å². The summed E-state index contributed by atoms with van der Waals surface area (Å²) in [6.07, 6.45) is 0.406. The van der Waals surface area contributed by atoms with Gasteiger partial charge >= 0.3 is 12.2 Å². The number of carboxylic acid groups (broad SMARTS) is 1. The molecular weight excluding hydrogens is 250 g/mol. The molecule has 0 aromatic heterocycles. The fraction of sp³-hybridized carbons (Fsp3) is 0.750. The second kappa shape index (κ2) is 6.40. The zero-order valence-corrected chi connectivity index (χ0v) is 11.6. The Bertz CT molecular complexity index is 374. The molecule has 0 atom stereocenters. The average molecular weight is 271 g/mol. The standard InChI is InChI=1S/C12H21N3O4/c1-12(2,3)19-10(16)14-13-9-5-4-7-15(8-6-9)11(17)18/h4-8H2,1-3H3,(H,14,16)(H,17,18). The molecule has 7 nitrogen and oxygen atoms in total. The first-order valence-electron chi connectivity index (χ1n) is 6.30. The Morgan fingerprint density at radius 2 is 2.00 bits per heavy atom. The summed E-state index contributed by atoms with van der Waals surface area (Å²) in [6.45, 7) is 6.23. The number of hydrogen-bond donors (Lipinski definition) is 2. The lowest BCUT2D eigenvalue weighted by Gasteiger charge is -2.18. The van der Waals surface area contributed by atoms with Crippen molar-refractivity contribution in [2.24, 2.45) is 5.10 Å². The average Bonchev–Trinajstić information content (AvgIpc) is 2.49. The number of carbonyl (C=O) groups excluding carboxylic acids is 1. The third-order valence-corrected chi connectivity index (χ3v) is 2.54. The first-order valence-corrected chi connectivity index (χ1v) is 6.30. The van der Waals surface area contributed by atoms with E-state index < -0.39 is 17.8 Å². The monoisotopic (exact) mass is 271 g/mol. The molecule has 0 bridgehead atoms. The number of likely N-dealkylation sites (tertiary alicyclic amines) is 1. The number of amides is 2. The second-order valence-corrected chi connectivity index (χ2v) is 5.41. The van der Waals surface area contributed by atoms with E-state index in [2.05, 4.69) is 10.5 Å². The fourth-order valence-electron chi connectivity index (χ4n) is 1.70. The molecule has 1 fully saturated rings. The summed E-state index contributed by atoms with van der Waals surface area (Å²) in [4.78, 5) is 23.6. The highest BCUT2D eigenvalue weighted by atomic mass is 16.6. The Labute approximate surface area is 112 Å². The maximum Gasteiger partial charge on any atom is 0.428 e. The molecule has 0 unspecified atom stereocenters. The largest absolute Gasteiger partial charge is 0.465 e. The lowest BCUT2D eigenvalue weighted by atomic mass is 10.2. The molecule has 1 aliphatic rings. The molecule has 108 valence electrons. The summed E-state index contributed by atoms with van der Waals surface area (Å²) in [6, 6.07) is 0. The van der Waals surface area contributed by atoms with Crippen LogP contribution in [0.15, 0.2) is 5.10 Å². The van der Waals surface area contributed by atoms with Gasteiger partial charge in [-0.1, -0.05) is 0 Å². The van der Waals surface area contributed by atoms with Crippen LogP contribution in [0.3, 0.4) is 0 Å². The predicted octanol–water partition coefficient (Wildman–Crippen LogP) is 2.03. The van der Waals surface area contributed by atoms with Crippen LogP contribution in [-0.4, -0.2) is 46.6 Å².